The van der Waals surface area contributed by atoms with Gasteiger partial charge in [0.25, 0.3) is 0 Å². The highest BCUT2D eigenvalue weighted by Crippen LogP contribution is 2.47. The molecule has 1 saturated carbocycles. The van der Waals surface area contributed by atoms with E-state index < -0.39 is 46.1 Å². The zero-order chi connectivity index (χ0) is 27.4. The van der Waals surface area contributed by atoms with E-state index in [0.29, 0.717) is 5.69 Å². The van der Waals surface area contributed by atoms with Gasteiger partial charge in [-0.1, -0.05) is 0 Å². The largest absolute Gasteiger partial charge is 0.454 e. The maximum Gasteiger partial charge on any atom is 0.240 e. The van der Waals surface area contributed by atoms with Gasteiger partial charge >= 0.3 is 0 Å². The Balaban J connectivity index is 1.43. The molecule has 3 N–H and O–H groups in total. The number of hydrogen-bond donors (Lipinski definition) is 3. The maximum absolute atomic E-state index is 14.8. The van der Waals surface area contributed by atoms with Crippen molar-refractivity contribution in [2.75, 3.05) is 36.6 Å². The Bertz CT molecular complexity index is 1380. The number of halogens is 3. The number of rotatable bonds is 9. The number of likely N-dealkylation sites (N-methyl/N-ethyl adjacent to an activating group) is 1. The molecule has 1 aliphatic carbocycles. The lowest BCUT2D eigenvalue weighted by Gasteiger charge is -2.16. The molecule has 0 aliphatic heterocycles. The van der Waals surface area contributed by atoms with Gasteiger partial charge in [-0.25, -0.2) is 18.2 Å². The third-order valence-electron chi connectivity index (χ3n) is 5.68. The van der Waals surface area contributed by atoms with Crippen molar-refractivity contribution in [3.8, 4) is 11.5 Å². The number of ether oxygens (including phenoxy) is 1. The number of amides is 3. The predicted octanol–water partition coefficient (Wildman–Crippen LogP) is 4.15. The molecule has 9 nitrogen and oxygen atoms in total. The van der Waals surface area contributed by atoms with Gasteiger partial charge in [0.15, 0.2) is 17.4 Å². The number of pyridine rings is 1. The number of carbonyl (C=O) groups is 3. The Hall–Kier alpha value is -4.45. The molecule has 0 radical (unpaired) electrons. The van der Waals surface area contributed by atoms with E-state index in [1.807, 2.05) is 0 Å². The van der Waals surface area contributed by atoms with Crippen LogP contribution in [0, 0.1) is 22.9 Å². The first kappa shape index (κ1) is 26.6. The Kier molecular flexibility index (Phi) is 7.62. The average molecular weight is 528 g/mol. The molecule has 0 bridgehead atoms. The quantitative estimate of drug-likeness (QED) is 0.361. The van der Waals surface area contributed by atoms with E-state index in [9.17, 15) is 27.6 Å². The van der Waals surface area contributed by atoms with Gasteiger partial charge in [-0.2, -0.15) is 0 Å². The van der Waals surface area contributed by atoms with Crippen molar-refractivity contribution in [2.24, 2.45) is 5.41 Å². The summed E-state index contributed by atoms with van der Waals surface area (Å²) in [7, 11) is 3.45. The van der Waals surface area contributed by atoms with Gasteiger partial charge in [-0.3, -0.25) is 14.4 Å². The molecule has 0 unspecified atom stereocenters. The molecule has 3 amide bonds. The van der Waals surface area contributed by atoms with Crippen molar-refractivity contribution in [3.63, 3.8) is 0 Å². The Morgan fingerprint density at radius 1 is 0.921 bits per heavy atom. The highest BCUT2D eigenvalue weighted by atomic mass is 19.1. The minimum Gasteiger partial charge on any atom is -0.454 e. The second kappa shape index (κ2) is 10.9. The Morgan fingerprint density at radius 3 is 2.26 bits per heavy atom. The van der Waals surface area contributed by atoms with Crippen LogP contribution in [0.5, 0.6) is 11.5 Å². The molecule has 1 aliphatic rings. The topological polar surface area (TPSA) is 113 Å². The van der Waals surface area contributed by atoms with Crippen LogP contribution in [0.15, 0.2) is 54.7 Å². The summed E-state index contributed by atoms with van der Waals surface area (Å²) in [5.41, 5.74) is -1.62. The van der Waals surface area contributed by atoms with Crippen molar-refractivity contribution in [1.29, 1.82) is 0 Å². The van der Waals surface area contributed by atoms with Gasteiger partial charge < -0.3 is 25.6 Å². The van der Waals surface area contributed by atoms with Crippen molar-refractivity contribution in [1.82, 2.24) is 9.88 Å². The molecule has 0 atom stereocenters. The van der Waals surface area contributed by atoms with Crippen LogP contribution >= 0.6 is 0 Å². The summed E-state index contributed by atoms with van der Waals surface area (Å²) in [5, 5.41) is 7.38. The maximum atomic E-state index is 14.8. The van der Waals surface area contributed by atoms with E-state index in [1.54, 1.807) is 19.0 Å². The van der Waals surface area contributed by atoms with Crippen molar-refractivity contribution >= 4 is 34.9 Å². The number of hydrogen-bond acceptors (Lipinski definition) is 6. The monoisotopic (exact) mass is 527 g/mol. The molecule has 4 rings (SSSR count). The van der Waals surface area contributed by atoms with Crippen LogP contribution in [-0.2, 0) is 14.4 Å². The van der Waals surface area contributed by atoms with Crippen molar-refractivity contribution < 1.29 is 32.3 Å². The summed E-state index contributed by atoms with van der Waals surface area (Å²) in [6, 6.07) is 9.25. The van der Waals surface area contributed by atoms with Crippen molar-refractivity contribution in [3.05, 3.63) is 72.2 Å². The van der Waals surface area contributed by atoms with Gasteiger partial charge in [0.2, 0.25) is 17.7 Å². The third kappa shape index (κ3) is 6.27. The number of nitrogens with zero attached hydrogens (tertiary/aromatic N) is 2. The SMILES string of the molecule is CN(C)CC(=O)Nc1cc(Oc2cc(F)c(NC(=O)C3(C(=O)Nc4ccc(F)cc4)CC3)cc2F)ccn1. The lowest BCUT2D eigenvalue weighted by molar-refractivity contribution is -0.131. The second-order valence-electron chi connectivity index (χ2n) is 9.02. The molecule has 2 aromatic carbocycles. The summed E-state index contributed by atoms with van der Waals surface area (Å²) >= 11 is 0. The number of anilines is 3. The van der Waals surface area contributed by atoms with Crippen LogP contribution in [0.25, 0.3) is 0 Å². The van der Waals surface area contributed by atoms with Crippen LogP contribution in [0.4, 0.5) is 30.4 Å². The zero-order valence-electron chi connectivity index (χ0n) is 20.5. The normalized spacial score (nSPS) is 13.5. The fourth-order valence-corrected chi connectivity index (χ4v) is 3.55. The molecular weight excluding hydrogens is 503 g/mol. The van der Waals surface area contributed by atoms with E-state index in [2.05, 4.69) is 20.9 Å². The first-order valence-corrected chi connectivity index (χ1v) is 11.5. The van der Waals surface area contributed by atoms with Crippen LogP contribution in [0.2, 0.25) is 0 Å². The Labute approximate surface area is 216 Å². The Morgan fingerprint density at radius 2 is 1.61 bits per heavy atom. The van der Waals surface area contributed by atoms with Crippen LogP contribution < -0.4 is 20.7 Å². The standard InChI is InChI=1S/C26H24F3N5O4/c1-34(2)14-23(35)33-22-11-17(7-10-30-22)38-21-13-18(28)20(12-19(21)29)32-25(37)26(8-9-26)24(36)31-16-5-3-15(27)4-6-16/h3-7,10-13H,8-9,14H2,1-2H3,(H,31,36)(H,32,37)(H,30,33,35). The molecule has 3 aromatic rings. The van der Waals surface area contributed by atoms with Gasteiger partial charge in [-0.15, -0.1) is 0 Å². The van der Waals surface area contributed by atoms with E-state index in [1.165, 1.54) is 30.5 Å². The van der Waals surface area contributed by atoms with Crippen LogP contribution in [0.3, 0.4) is 0 Å². The lowest BCUT2D eigenvalue weighted by atomic mass is 10.0. The van der Waals surface area contributed by atoms with Crippen LogP contribution in [-0.4, -0.2) is 48.2 Å². The summed E-state index contributed by atoms with van der Waals surface area (Å²) in [6.45, 7) is 0.120. The highest BCUT2D eigenvalue weighted by molar-refractivity contribution is 6.16. The fourth-order valence-electron chi connectivity index (χ4n) is 3.55. The number of benzene rings is 2. The van der Waals surface area contributed by atoms with Gasteiger partial charge in [0.05, 0.1) is 12.2 Å². The minimum atomic E-state index is -1.45. The highest BCUT2D eigenvalue weighted by Gasteiger charge is 2.56. The first-order valence-electron chi connectivity index (χ1n) is 11.5. The molecule has 198 valence electrons. The minimum absolute atomic E-state index is 0.0876. The summed E-state index contributed by atoms with van der Waals surface area (Å²) in [4.78, 5) is 43.1. The van der Waals surface area contributed by atoms with Gasteiger partial charge in [-0.05, 0) is 57.3 Å². The lowest BCUT2D eigenvalue weighted by Crippen LogP contribution is -2.35. The summed E-state index contributed by atoms with van der Waals surface area (Å²) in [5.74, 6) is -4.41. The smallest absolute Gasteiger partial charge is 0.240 e. The predicted molar refractivity (Wildman–Crippen MR) is 133 cm³/mol. The summed E-state index contributed by atoms with van der Waals surface area (Å²) in [6.07, 6.45) is 1.76. The van der Waals surface area contributed by atoms with Crippen LogP contribution in [0.1, 0.15) is 12.8 Å². The molecule has 38 heavy (non-hydrogen) atoms. The molecule has 0 spiro atoms. The molecule has 1 aromatic heterocycles. The van der Waals surface area contributed by atoms with Crippen molar-refractivity contribution in [2.45, 2.75) is 12.8 Å². The number of nitrogens with one attached hydrogen (secondary N) is 3. The molecule has 1 fully saturated rings. The summed E-state index contributed by atoms with van der Waals surface area (Å²) < 4.78 is 48.1. The van der Waals surface area contributed by atoms with E-state index >= 15 is 0 Å². The number of aromatic nitrogens is 1. The third-order valence-corrected chi connectivity index (χ3v) is 5.68. The molecule has 0 saturated heterocycles. The fraction of sp³-hybridized carbons (Fsp3) is 0.231. The molecule has 12 heteroatoms. The van der Waals surface area contributed by atoms with Gasteiger partial charge in [0.1, 0.15) is 22.8 Å². The number of carbonyl (C=O) groups excluding carboxylic acids is 3. The van der Waals surface area contributed by atoms with E-state index in [4.69, 9.17) is 4.74 Å². The molecular formula is C26H24F3N5O4. The zero-order valence-corrected chi connectivity index (χ0v) is 20.5. The van der Waals surface area contributed by atoms with E-state index in [0.717, 1.165) is 24.3 Å². The molecule has 1 heterocycles. The second-order valence-corrected chi connectivity index (χ2v) is 9.02. The van der Waals surface area contributed by atoms with Gasteiger partial charge in [0, 0.05) is 30.1 Å². The average Bonchev–Trinajstić information content (AvgIpc) is 3.66. The first-order chi connectivity index (χ1) is 18.1. The van der Waals surface area contributed by atoms with E-state index in [-0.39, 0.29) is 36.9 Å².